The van der Waals surface area contributed by atoms with E-state index >= 15 is 0 Å². The molecule has 0 aliphatic heterocycles. The summed E-state index contributed by atoms with van der Waals surface area (Å²) in [6, 6.07) is 8.79. The molecular weight excluding hydrogens is 740 g/mol. The van der Waals surface area contributed by atoms with Crippen molar-refractivity contribution in [1.82, 2.24) is 14.9 Å². The summed E-state index contributed by atoms with van der Waals surface area (Å²) in [4.78, 5) is 24.7. The molecule has 16 heteroatoms. The number of hydrogen-bond acceptors (Lipinski definition) is 8. The van der Waals surface area contributed by atoms with E-state index in [9.17, 15) is 27.2 Å². The van der Waals surface area contributed by atoms with Gasteiger partial charge in [0.25, 0.3) is 5.91 Å². The molecule has 49 heavy (non-hydrogen) atoms. The number of nitrogens with zero attached hydrogens (tertiary/aromatic N) is 3. The van der Waals surface area contributed by atoms with Crippen LogP contribution in [0.1, 0.15) is 79.6 Å². The summed E-state index contributed by atoms with van der Waals surface area (Å²) < 4.78 is 74.4. The highest BCUT2D eigenvalue weighted by Crippen LogP contribution is 2.41. The number of rotatable bonds is 10. The molecule has 2 heterocycles. The number of carbonyl (C=O) groups is 2. The lowest BCUT2D eigenvalue weighted by Crippen LogP contribution is -2.19. The predicted molar refractivity (Wildman–Crippen MR) is 179 cm³/mol. The van der Waals surface area contributed by atoms with Crippen LogP contribution in [0.3, 0.4) is 0 Å². The summed E-state index contributed by atoms with van der Waals surface area (Å²) in [5.74, 6) is -0.946. The molecule has 0 aliphatic rings. The molecule has 0 bridgehead atoms. The molecule has 1 amide bonds. The second kappa shape index (κ2) is 16.1. The van der Waals surface area contributed by atoms with Gasteiger partial charge in [0.05, 0.1) is 41.1 Å². The summed E-state index contributed by atoms with van der Waals surface area (Å²) in [6.07, 6.45) is -3.27. The van der Waals surface area contributed by atoms with Crippen molar-refractivity contribution in [1.29, 1.82) is 0 Å². The van der Waals surface area contributed by atoms with E-state index in [1.165, 1.54) is 14.2 Å². The number of aryl methyl sites for hydroxylation is 1. The standard InChI is InChI=1S/C18H24N2O4.C15H12BrClF4N2O2/c1-6-18(3,7-2)14-11-15(24-20-14)19-17(21)16-12(22-4)9-8-10-13(16)23-5;1-6(2)25-14(24)7-4-8(10(18)5-9(7)17)12-11(16)13(15(19,20)21)23(3)22-12/h8-11H,6-7H2,1-5H3,(H,19,21);4-6H,1-3H3. The minimum Gasteiger partial charge on any atom is -0.496 e. The van der Waals surface area contributed by atoms with Crippen molar-refractivity contribution in [3.63, 3.8) is 0 Å². The van der Waals surface area contributed by atoms with E-state index in [4.69, 9.17) is 30.3 Å². The van der Waals surface area contributed by atoms with E-state index in [2.05, 4.69) is 52.3 Å². The average molecular weight is 776 g/mol. The lowest BCUT2D eigenvalue weighted by atomic mass is 9.81. The van der Waals surface area contributed by atoms with Crippen LogP contribution in [0.4, 0.5) is 23.4 Å². The number of anilines is 1. The first-order valence-electron chi connectivity index (χ1n) is 14.9. The number of aromatic nitrogens is 3. The maximum Gasteiger partial charge on any atom is 0.434 e. The molecule has 266 valence electrons. The Hall–Kier alpha value is -4.11. The lowest BCUT2D eigenvalue weighted by Gasteiger charge is -2.22. The Balaban J connectivity index is 0.000000266. The third kappa shape index (κ3) is 8.93. The number of nitrogens with one attached hydrogen (secondary N) is 1. The molecule has 0 aliphatic carbocycles. The number of alkyl halides is 3. The summed E-state index contributed by atoms with van der Waals surface area (Å²) >= 11 is 8.67. The van der Waals surface area contributed by atoms with Crippen LogP contribution in [-0.4, -0.2) is 47.1 Å². The fourth-order valence-corrected chi connectivity index (χ4v) is 5.62. The highest BCUT2D eigenvalue weighted by molar-refractivity contribution is 9.10. The Labute approximate surface area is 294 Å². The number of halogens is 6. The van der Waals surface area contributed by atoms with Crippen molar-refractivity contribution in [3.05, 3.63) is 74.2 Å². The van der Waals surface area contributed by atoms with Crippen LogP contribution < -0.4 is 14.8 Å². The van der Waals surface area contributed by atoms with Crippen LogP contribution in [0, 0.1) is 5.82 Å². The van der Waals surface area contributed by atoms with E-state index in [0.717, 1.165) is 37.7 Å². The van der Waals surface area contributed by atoms with Crippen LogP contribution in [-0.2, 0) is 23.4 Å². The molecular formula is C33H36BrClF4N4O6. The monoisotopic (exact) mass is 774 g/mol. The molecule has 1 N–H and O–H groups in total. The minimum atomic E-state index is -4.69. The Bertz CT molecular complexity index is 1780. The Morgan fingerprint density at radius 2 is 1.67 bits per heavy atom. The molecule has 4 rings (SSSR count). The molecule has 2 aromatic carbocycles. The number of carbonyl (C=O) groups excluding carboxylic acids is 2. The zero-order valence-electron chi connectivity index (χ0n) is 28.0. The first kappa shape index (κ1) is 39.3. The van der Waals surface area contributed by atoms with Gasteiger partial charge in [-0.15, -0.1) is 0 Å². The van der Waals surface area contributed by atoms with Gasteiger partial charge in [-0.25, -0.2) is 9.18 Å². The van der Waals surface area contributed by atoms with Gasteiger partial charge in [0.15, 0.2) is 5.69 Å². The molecule has 0 spiro atoms. The number of esters is 1. The number of ether oxygens (including phenoxy) is 3. The molecule has 2 aromatic heterocycles. The first-order valence-corrected chi connectivity index (χ1v) is 16.1. The lowest BCUT2D eigenvalue weighted by molar-refractivity contribution is -0.144. The maximum absolute atomic E-state index is 14.3. The van der Waals surface area contributed by atoms with Crippen LogP contribution in [0.15, 0.2) is 45.4 Å². The number of hydrogen-bond donors (Lipinski definition) is 1. The van der Waals surface area contributed by atoms with Gasteiger partial charge in [-0.1, -0.05) is 43.6 Å². The smallest absolute Gasteiger partial charge is 0.434 e. The summed E-state index contributed by atoms with van der Waals surface area (Å²) in [5, 5.41) is 10.3. The highest BCUT2D eigenvalue weighted by atomic mass is 79.9. The highest BCUT2D eigenvalue weighted by Gasteiger charge is 2.39. The minimum absolute atomic E-state index is 0.0748. The Morgan fingerprint density at radius 1 is 1.08 bits per heavy atom. The van der Waals surface area contributed by atoms with Gasteiger partial charge in [0.2, 0.25) is 5.88 Å². The third-order valence-electron chi connectivity index (χ3n) is 7.71. The van der Waals surface area contributed by atoms with E-state index in [-0.39, 0.29) is 33.2 Å². The van der Waals surface area contributed by atoms with E-state index in [0.29, 0.717) is 27.6 Å². The van der Waals surface area contributed by atoms with Crippen molar-refractivity contribution in [3.8, 4) is 22.8 Å². The molecule has 0 saturated heterocycles. The molecule has 10 nitrogen and oxygen atoms in total. The largest absolute Gasteiger partial charge is 0.496 e. The van der Waals surface area contributed by atoms with Gasteiger partial charge in [-0.2, -0.15) is 18.3 Å². The fraction of sp³-hybridized carbons (Fsp3) is 0.394. The van der Waals surface area contributed by atoms with Crippen molar-refractivity contribution in [2.45, 2.75) is 65.2 Å². The molecule has 0 atom stereocenters. The third-order valence-corrected chi connectivity index (χ3v) is 8.78. The van der Waals surface area contributed by atoms with E-state index in [1.807, 2.05) is 0 Å². The topological polar surface area (TPSA) is 118 Å². The van der Waals surface area contributed by atoms with Crippen LogP contribution >= 0.6 is 27.5 Å². The molecule has 0 unspecified atom stereocenters. The van der Waals surface area contributed by atoms with Gasteiger partial charge in [0.1, 0.15) is 28.6 Å². The second-order valence-electron chi connectivity index (χ2n) is 11.2. The van der Waals surface area contributed by atoms with Gasteiger partial charge >= 0.3 is 12.1 Å². The van der Waals surface area contributed by atoms with E-state index < -0.39 is 34.2 Å². The number of benzene rings is 2. The van der Waals surface area contributed by atoms with Crippen molar-refractivity contribution in [2.75, 3.05) is 19.5 Å². The zero-order chi connectivity index (χ0) is 36.8. The predicted octanol–water partition coefficient (Wildman–Crippen LogP) is 9.25. The van der Waals surface area contributed by atoms with Crippen molar-refractivity contribution >= 4 is 45.3 Å². The normalized spacial score (nSPS) is 11.6. The van der Waals surface area contributed by atoms with Crippen molar-refractivity contribution < 1.29 is 45.9 Å². The Morgan fingerprint density at radius 3 is 2.16 bits per heavy atom. The Kier molecular flexibility index (Phi) is 12.9. The van der Waals surface area contributed by atoms with Crippen LogP contribution in [0.2, 0.25) is 5.02 Å². The van der Waals surface area contributed by atoms with Gasteiger partial charge in [-0.3, -0.25) is 14.8 Å². The maximum atomic E-state index is 14.3. The summed E-state index contributed by atoms with van der Waals surface area (Å²) in [5.41, 5.74) is -0.792. The zero-order valence-corrected chi connectivity index (χ0v) is 30.4. The number of methoxy groups -OCH3 is 2. The van der Waals surface area contributed by atoms with Gasteiger partial charge in [0, 0.05) is 24.1 Å². The number of amides is 1. The molecule has 0 saturated carbocycles. The molecule has 4 aromatic rings. The average Bonchev–Trinajstić information content (AvgIpc) is 3.63. The van der Waals surface area contributed by atoms with Crippen LogP contribution in [0.25, 0.3) is 11.3 Å². The quantitative estimate of drug-likeness (QED) is 0.125. The first-order chi connectivity index (χ1) is 22.9. The second-order valence-corrected chi connectivity index (χ2v) is 12.4. The van der Waals surface area contributed by atoms with E-state index in [1.54, 1.807) is 38.1 Å². The van der Waals surface area contributed by atoms with Crippen LogP contribution in [0.5, 0.6) is 11.5 Å². The molecule has 0 radical (unpaired) electrons. The fourth-order valence-electron chi connectivity index (χ4n) is 4.62. The summed E-state index contributed by atoms with van der Waals surface area (Å²) in [7, 11) is 4.09. The van der Waals surface area contributed by atoms with Crippen molar-refractivity contribution in [2.24, 2.45) is 7.05 Å². The van der Waals surface area contributed by atoms with Gasteiger partial charge < -0.3 is 18.7 Å². The molecule has 0 fully saturated rings. The van der Waals surface area contributed by atoms with Gasteiger partial charge in [-0.05, 0) is 66.9 Å². The SMILES string of the molecule is CC(C)OC(=O)c1cc(-c2nn(C)c(C(F)(F)F)c2Br)c(F)cc1Cl.CCC(C)(CC)c1cc(NC(=O)c2c(OC)cccc2OC)on1. The summed E-state index contributed by atoms with van der Waals surface area (Å²) in [6.45, 7) is 9.56.